The molecule has 0 atom stereocenters. The first-order chi connectivity index (χ1) is 8.58. The van der Waals surface area contributed by atoms with Gasteiger partial charge in [0, 0.05) is 11.9 Å². The predicted molar refractivity (Wildman–Crippen MR) is 70.6 cm³/mol. The van der Waals surface area contributed by atoms with Crippen LogP contribution in [-0.2, 0) is 7.05 Å². The van der Waals surface area contributed by atoms with E-state index in [1.807, 2.05) is 6.92 Å². The molecule has 2 aromatic rings. The number of ketones is 1. The van der Waals surface area contributed by atoms with Crippen LogP contribution in [0.1, 0.15) is 21.1 Å². The molecule has 0 bridgehead atoms. The van der Waals surface area contributed by atoms with Crippen LogP contribution in [0.2, 0.25) is 0 Å². The van der Waals surface area contributed by atoms with Crippen molar-refractivity contribution in [3.63, 3.8) is 0 Å². The highest BCUT2D eigenvalue weighted by molar-refractivity contribution is 7.16. The number of Topliss-reactive ketones (excluding diaryl/α,β-unsaturated/α-hetero) is 1. The van der Waals surface area contributed by atoms with E-state index in [0.717, 1.165) is 10.6 Å². The minimum Gasteiger partial charge on any atom is -0.388 e. The van der Waals surface area contributed by atoms with Gasteiger partial charge in [0.05, 0.1) is 17.5 Å². The maximum Gasteiger partial charge on any atom is 0.206 e. The van der Waals surface area contributed by atoms with Crippen molar-refractivity contribution in [3.05, 3.63) is 29.0 Å². The first-order valence-corrected chi connectivity index (χ1v) is 6.16. The fraction of sp³-hybridized carbons (Fsp3) is 0.250. The van der Waals surface area contributed by atoms with E-state index < -0.39 is 6.61 Å². The molecule has 0 unspecified atom stereocenters. The predicted octanol–water partition coefficient (Wildman–Crippen LogP) is 1.67. The van der Waals surface area contributed by atoms with Crippen LogP contribution >= 0.6 is 11.3 Å². The van der Waals surface area contributed by atoms with E-state index in [-0.39, 0.29) is 5.78 Å². The number of rotatable bonds is 4. The van der Waals surface area contributed by atoms with E-state index in [1.54, 1.807) is 19.3 Å². The minimum atomic E-state index is -0.537. The average molecular weight is 263 g/mol. The third-order valence-corrected chi connectivity index (χ3v) is 3.78. The van der Waals surface area contributed by atoms with Crippen LogP contribution in [-0.4, -0.2) is 32.3 Å². The molecule has 0 aliphatic rings. The lowest BCUT2D eigenvalue weighted by Gasteiger charge is -2.00. The zero-order valence-corrected chi connectivity index (χ0v) is 11.0. The molecule has 2 rings (SSSR count). The van der Waals surface area contributed by atoms with Crippen LogP contribution in [0, 0.1) is 6.92 Å². The third-order valence-electron chi connectivity index (χ3n) is 2.59. The highest BCUT2D eigenvalue weighted by Crippen LogP contribution is 2.30. The van der Waals surface area contributed by atoms with Gasteiger partial charge in [-0.1, -0.05) is 12.7 Å². The summed E-state index contributed by atoms with van der Waals surface area (Å²) in [4.78, 5) is 17.1. The first-order valence-electron chi connectivity index (χ1n) is 5.34. The molecular weight excluding hydrogens is 250 g/mol. The molecule has 0 radical (unpaired) electrons. The number of aliphatic hydroxyl groups is 1. The fourth-order valence-corrected chi connectivity index (χ4v) is 2.64. The Bertz CT molecular complexity index is 613. The monoisotopic (exact) mass is 263 g/mol. The summed E-state index contributed by atoms with van der Waals surface area (Å²) >= 11 is 1.45. The van der Waals surface area contributed by atoms with E-state index in [2.05, 4.69) is 16.7 Å². The van der Waals surface area contributed by atoms with E-state index in [0.29, 0.717) is 16.3 Å². The average Bonchev–Trinajstić information content (AvgIpc) is 2.91. The van der Waals surface area contributed by atoms with Crippen molar-refractivity contribution in [1.82, 2.24) is 14.8 Å². The third kappa shape index (κ3) is 2.00. The second-order valence-electron chi connectivity index (χ2n) is 3.78. The molecule has 5 nitrogen and oxygen atoms in total. The number of aromatic nitrogens is 3. The highest BCUT2D eigenvalue weighted by Gasteiger charge is 2.20. The van der Waals surface area contributed by atoms with Gasteiger partial charge in [0.25, 0.3) is 0 Å². The Hall–Kier alpha value is -1.79. The van der Waals surface area contributed by atoms with Gasteiger partial charge in [0.2, 0.25) is 5.78 Å². The van der Waals surface area contributed by atoms with Crippen LogP contribution in [0.5, 0.6) is 0 Å². The molecule has 0 saturated heterocycles. The summed E-state index contributed by atoms with van der Waals surface area (Å²) in [6, 6.07) is 0. The number of aliphatic hydroxyl groups excluding tert-OH is 1. The summed E-state index contributed by atoms with van der Waals surface area (Å²) in [5, 5.41) is 13.8. The van der Waals surface area contributed by atoms with Crippen LogP contribution in [0.3, 0.4) is 0 Å². The van der Waals surface area contributed by atoms with Crippen LogP contribution < -0.4 is 0 Å². The van der Waals surface area contributed by atoms with Crippen molar-refractivity contribution in [2.24, 2.45) is 7.05 Å². The zero-order valence-electron chi connectivity index (χ0n) is 10.2. The van der Waals surface area contributed by atoms with Gasteiger partial charge in [-0.2, -0.15) is 5.10 Å². The van der Waals surface area contributed by atoms with Gasteiger partial charge in [0.1, 0.15) is 17.3 Å². The lowest BCUT2D eigenvalue weighted by molar-refractivity contribution is 0.0895. The number of carbonyl (C=O) groups excluding carboxylic acids is 1. The minimum absolute atomic E-state index is 0.363. The molecule has 6 heteroatoms. The van der Waals surface area contributed by atoms with E-state index in [4.69, 9.17) is 5.11 Å². The van der Waals surface area contributed by atoms with Crippen molar-refractivity contribution in [1.29, 1.82) is 0 Å². The number of aryl methyl sites for hydroxylation is 2. The fourth-order valence-electron chi connectivity index (χ4n) is 1.71. The second kappa shape index (κ2) is 4.83. The van der Waals surface area contributed by atoms with Crippen molar-refractivity contribution in [2.45, 2.75) is 6.92 Å². The van der Waals surface area contributed by atoms with Gasteiger partial charge in [-0.25, -0.2) is 4.98 Å². The molecule has 2 heterocycles. The van der Waals surface area contributed by atoms with Crippen molar-refractivity contribution >= 4 is 23.2 Å². The second-order valence-corrected chi connectivity index (χ2v) is 4.82. The van der Waals surface area contributed by atoms with Crippen LogP contribution in [0.15, 0.2) is 12.8 Å². The molecule has 1 N–H and O–H groups in total. The highest BCUT2D eigenvalue weighted by atomic mass is 32.1. The number of hydrogen-bond acceptors (Lipinski definition) is 5. The summed E-state index contributed by atoms with van der Waals surface area (Å²) in [5.74, 6) is -0.363. The van der Waals surface area contributed by atoms with Crippen molar-refractivity contribution in [3.8, 4) is 10.6 Å². The Balaban J connectivity index is 2.57. The number of nitrogens with zero attached hydrogens (tertiary/aromatic N) is 3. The van der Waals surface area contributed by atoms with Gasteiger partial charge in [0.15, 0.2) is 0 Å². The summed E-state index contributed by atoms with van der Waals surface area (Å²) in [6.45, 7) is 5.07. The lowest BCUT2D eigenvalue weighted by atomic mass is 10.2. The Labute approximate surface area is 108 Å². The topological polar surface area (TPSA) is 68.0 Å². The molecule has 0 aliphatic heterocycles. The van der Waals surface area contributed by atoms with Gasteiger partial charge >= 0.3 is 0 Å². The Morgan fingerprint density at radius 3 is 2.94 bits per heavy atom. The van der Waals surface area contributed by atoms with Crippen molar-refractivity contribution < 1.29 is 9.90 Å². The first kappa shape index (κ1) is 12.7. The molecule has 0 amide bonds. The van der Waals surface area contributed by atoms with Gasteiger partial charge in [-0.3, -0.25) is 9.48 Å². The smallest absolute Gasteiger partial charge is 0.206 e. The number of hydrogen-bond donors (Lipinski definition) is 1. The molecular formula is C12H13N3O2S. The standard InChI is InChI=1S/C12H13N3O2S/c1-4-10-7(2)14-12(18-10)8-5-13-15(3)11(8)9(17)6-16/h4-5,16H,1,6H2,2-3H3. The molecule has 0 saturated carbocycles. The molecule has 18 heavy (non-hydrogen) atoms. The summed E-state index contributed by atoms with van der Waals surface area (Å²) < 4.78 is 1.46. The largest absolute Gasteiger partial charge is 0.388 e. The van der Waals surface area contributed by atoms with Gasteiger partial charge < -0.3 is 5.11 Å². The SMILES string of the molecule is C=Cc1sc(-c2cnn(C)c2C(=O)CO)nc1C. The summed E-state index contributed by atoms with van der Waals surface area (Å²) in [5.41, 5.74) is 1.90. The molecule has 0 spiro atoms. The molecule has 0 aliphatic carbocycles. The number of carbonyl (C=O) groups is 1. The normalized spacial score (nSPS) is 10.6. The Morgan fingerprint density at radius 2 is 2.39 bits per heavy atom. The molecule has 2 aromatic heterocycles. The van der Waals surface area contributed by atoms with Gasteiger partial charge in [-0.15, -0.1) is 11.3 Å². The summed E-state index contributed by atoms with van der Waals surface area (Å²) in [6.07, 6.45) is 3.33. The van der Waals surface area contributed by atoms with Crippen molar-refractivity contribution in [2.75, 3.05) is 6.61 Å². The Morgan fingerprint density at radius 1 is 1.67 bits per heavy atom. The molecule has 94 valence electrons. The number of thiazole rings is 1. The molecule has 0 fully saturated rings. The molecule has 0 aromatic carbocycles. The zero-order chi connectivity index (χ0) is 13.3. The maximum atomic E-state index is 11.7. The maximum absolute atomic E-state index is 11.7. The van der Waals surface area contributed by atoms with Gasteiger partial charge in [-0.05, 0) is 6.92 Å². The quantitative estimate of drug-likeness (QED) is 0.852. The Kier molecular flexibility index (Phi) is 3.40. The lowest BCUT2D eigenvalue weighted by Crippen LogP contribution is -2.11. The van der Waals surface area contributed by atoms with Crippen LogP contribution in [0.25, 0.3) is 16.6 Å². The van der Waals surface area contributed by atoms with E-state index >= 15 is 0 Å². The van der Waals surface area contributed by atoms with Crippen LogP contribution in [0.4, 0.5) is 0 Å². The van der Waals surface area contributed by atoms with E-state index in [1.165, 1.54) is 16.0 Å². The van der Waals surface area contributed by atoms with E-state index in [9.17, 15) is 4.79 Å². The summed E-state index contributed by atoms with van der Waals surface area (Å²) in [7, 11) is 1.67.